The van der Waals surface area contributed by atoms with Crippen molar-refractivity contribution in [3.8, 4) is 0 Å². The number of primary sulfonamides is 1. The van der Waals surface area contributed by atoms with Crippen LogP contribution < -0.4 is 10.5 Å². The van der Waals surface area contributed by atoms with E-state index < -0.39 is 14.9 Å². The Bertz CT molecular complexity index is 871. The molecule has 0 saturated carbocycles. The molecule has 0 aliphatic rings. The Morgan fingerprint density at radius 3 is 2.60 bits per heavy atom. The average Bonchev–Trinajstić information content (AvgIpc) is 2.58. The molecule has 0 aliphatic carbocycles. The van der Waals surface area contributed by atoms with Gasteiger partial charge in [0.15, 0.2) is 0 Å². The van der Waals surface area contributed by atoms with Crippen LogP contribution in [0.15, 0.2) is 52.3 Å². The van der Waals surface area contributed by atoms with E-state index >= 15 is 0 Å². The fourth-order valence-electron chi connectivity index (χ4n) is 2.11. The van der Waals surface area contributed by atoms with Crippen LogP contribution in [-0.2, 0) is 16.6 Å². The minimum Gasteiger partial charge on any atom is -0.392 e. The minimum absolute atomic E-state index is 0.0584. The number of hydrogen-bond donors (Lipinski definition) is 3. The number of aliphatic hydroxyl groups is 1. The Morgan fingerprint density at radius 2 is 1.96 bits per heavy atom. The van der Waals surface area contributed by atoms with Crippen molar-refractivity contribution in [1.82, 2.24) is 0 Å². The van der Waals surface area contributed by atoms with Crippen LogP contribution in [0.4, 0.5) is 11.4 Å². The van der Waals surface area contributed by atoms with Gasteiger partial charge < -0.3 is 10.4 Å². The second-order valence-electron chi connectivity index (χ2n) is 5.02. The number of nitrogens with one attached hydrogen (secondary N) is 1. The first-order valence-corrected chi connectivity index (χ1v) is 9.73. The van der Waals surface area contributed by atoms with Crippen LogP contribution in [-0.4, -0.2) is 30.7 Å². The van der Waals surface area contributed by atoms with E-state index in [1.165, 1.54) is 23.9 Å². The summed E-state index contributed by atoms with van der Waals surface area (Å²) in [4.78, 5) is 11.1. The molecule has 0 aliphatic heterocycles. The van der Waals surface area contributed by atoms with Crippen molar-refractivity contribution in [2.45, 2.75) is 16.4 Å². The largest absolute Gasteiger partial charge is 0.392 e. The highest BCUT2D eigenvalue weighted by Gasteiger charge is 2.18. The molecular formula is C15H17N3O5S2. The molecule has 2 aromatic carbocycles. The van der Waals surface area contributed by atoms with Gasteiger partial charge in [0, 0.05) is 23.3 Å². The number of nitrogens with two attached hydrogens (primary N) is 1. The normalized spacial score (nSPS) is 11.3. The standard InChI is InChI=1S/C15H17N3O5S2/c16-25(22,23)12-5-6-13(14(9-12)18(20)21)17-7-8-24-15-4-2-1-3-11(15)10-19/h1-6,9,17,19H,7-8,10H2,(H2,16,22,23). The lowest BCUT2D eigenvalue weighted by atomic mass is 10.2. The summed E-state index contributed by atoms with van der Waals surface area (Å²) in [6.07, 6.45) is 0. The lowest BCUT2D eigenvalue weighted by Gasteiger charge is -2.09. The summed E-state index contributed by atoms with van der Waals surface area (Å²) in [6.45, 7) is 0.358. The molecule has 0 unspecified atom stereocenters. The first-order valence-electron chi connectivity index (χ1n) is 7.19. The van der Waals surface area contributed by atoms with Crippen molar-refractivity contribution in [3.63, 3.8) is 0 Å². The summed E-state index contributed by atoms with van der Waals surface area (Å²) in [6, 6.07) is 10.9. The maximum absolute atomic E-state index is 11.3. The van der Waals surface area contributed by atoms with Crippen molar-refractivity contribution < 1.29 is 18.4 Å². The molecule has 2 aromatic rings. The van der Waals surface area contributed by atoms with Crippen molar-refractivity contribution in [2.75, 3.05) is 17.6 Å². The van der Waals surface area contributed by atoms with Gasteiger partial charge in [-0.2, -0.15) is 0 Å². The van der Waals surface area contributed by atoms with Gasteiger partial charge in [-0.15, -0.1) is 11.8 Å². The van der Waals surface area contributed by atoms with Gasteiger partial charge >= 0.3 is 0 Å². The van der Waals surface area contributed by atoms with E-state index in [-0.39, 0.29) is 22.9 Å². The Labute approximate surface area is 149 Å². The Balaban J connectivity index is 2.04. The molecule has 2 rings (SSSR count). The van der Waals surface area contributed by atoms with Crippen molar-refractivity contribution in [2.24, 2.45) is 5.14 Å². The molecule has 0 radical (unpaired) electrons. The number of anilines is 1. The first-order chi connectivity index (χ1) is 11.8. The van der Waals surface area contributed by atoms with E-state index in [4.69, 9.17) is 5.14 Å². The molecule has 0 amide bonds. The summed E-state index contributed by atoms with van der Waals surface area (Å²) in [5, 5.41) is 28.3. The van der Waals surface area contributed by atoms with Crippen LogP contribution in [0.5, 0.6) is 0 Å². The van der Waals surface area contributed by atoms with Gasteiger partial charge in [0.2, 0.25) is 10.0 Å². The smallest absolute Gasteiger partial charge is 0.293 e. The molecule has 0 heterocycles. The maximum Gasteiger partial charge on any atom is 0.293 e. The summed E-state index contributed by atoms with van der Waals surface area (Å²) >= 11 is 1.50. The van der Waals surface area contributed by atoms with Gasteiger partial charge in [-0.25, -0.2) is 13.6 Å². The topological polar surface area (TPSA) is 136 Å². The van der Waals surface area contributed by atoms with Crippen LogP contribution >= 0.6 is 11.8 Å². The molecule has 0 atom stereocenters. The maximum atomic E-state index is 11.3. The van der Waals surface area contributed by atoms with E-state index in [1.807, 2.05) is 24.3 Å². The summed E-state index contributed by atoms with van der Waals surface area (Å²) in [5.41, 5.74) is 0.678. The third-order valence-corrected chi connectivity index (χ3v) is 5.34. The van der Waals surface area contributed by atoms with Gasteiger partial charge in [-0.1, -0.05) is 18.2 Å². The van der Waals surface area contributed by atoms with Crippen molar-refractivity contribution >= 4 is 33.2 Å². The number of nitro groups is 1. The van der Waals surface area contributed by atoms with Crippen LogP contribution in [0, 0.1) is 10.1 Å². The number of rotatable bonds is 8. The van der Waals surface area contributed by atoms with E-state index in [2.05, 4.69) is 5.32 Å². The SMILES string of the molecule is NS(=O)(=O)c1ccc(NCCSc2ccccc2CO)c([N+](=O)[O-])c1. The molecule has 0 spiro atoms. The number of nitro benzene ring substituents is 1. The molecule has 0 fully saturated rings. The number of benzene rings is 2. The second-order valence-corrected chi connectivity index (χ2v) is 7.72. The van der Waals surface area contributed by atoms with E-state index in [0.29, 0.717) is 12.3 Å². The van der Waals surface area contributed by atoms with Gasteiger partial charge in [-0.05, 0) is 23.8 Å². The number of aliphatic hydroxyl groups excluding tert-OH is 1. The Kier molecular flexibility index (Phi) is 6.37. The molecule has 0 saturated heterocycles. The minimum atomic E-state index is -4.00. The highest BCUT2D eigenvalue weighted by molar-refractivity contribution is 7.99. The van der Waals surface area contributed by atoms with E-state index in [0.717, 1.165) is 16.5 Å². The lowest BCUT2D eigenvalue weighted by molar-refractivity contribution is -0.384. The lowest BCUT2D eigenvalue weighted by Crippen LogP contribution is -2.13. The average molecular weight is 383 g/mol. The van der Waals surface area contributed by atoms with Crippen LogP contribution in [0.2, 0.25) is 0 Å². The van der Waals surface area contributed by atoms with Gasteiger partial charge in [0.05, 0.1) is 16.4 Å². The molecule has 4 N–H and O–H groups in total. The quantitative estimate of drug-likeness (QED) is 0.274. The molecular weight excluding hydrogens is 366 g/mol. The fraction of sp³-hybridized carbons (Fsp3) is 0.200. The number of hydrogen-bond acceptors (Lipinski definition) is 7. The van der Waals surface area contributed by atoms with Gasteiger partial charge in [0.25, 0.3) is 5.69 Å². The van der Waals surface area contributed by atoms with E-state index in [1.54, 1.807) is 0 Å². The molecule has 134 valence electrons. The predicted octanol–water partition coefficient (Wildman–Crippen LogP) is 1.94. The molecule has 0 bridgehead atoms. The highest BCUT2D eigenvalue weighted by atomic mass is 32.2. The fourth-order valence-corrected chi connectivity index (χ4v) is 3.56. The summed E-state index contributed by atoms with van der Waals surface area (Å²) in [5.74, 6) is 0.602. The number of nitrogens with zero attached hydrogens (tertiary/aromatic N) is 1. The van der Waals surface area contributed by atoms with Crippen LogP contribution in [0.3, 0.4) is 0 Å². The monoisotopic (exact) mass is 383 g/mol. The summed E-state index contributed by atoms with van der Waals surface area (Å²) < 4.78 is 22.6. The van der Waals surface area contributed by atoms with Crippen molar-refractivity contribution in [1.29, 1.82) is 0 Å². The summed E-state index contributed by atoms with van der Waals surface area (Å²) in [7, 11) is -4.00. The number of sulfonamides is 1. The zero-order chi connectivity index (χ0) is 18.4. The second kappa shape index (κ2) is 8.30. The van der Waals surface area contributed by atoms with Crippen LogP contribution in [0.1, 0.15) is 5.56 Å². The molecule has 10 heteroatoms. The Morgan fingerprint density at radius 1 is 1.24 bits per heavy atom. The Hall–Kier alpha value is -2.14. The number of thioether (sulfide) groups is 1. The van der Waals surface area contributed by atoms with Crippen molar-refractivity contribution in [3.05, 3.63) is 58.1 Å². The molecule has 0 aromatic heterocycles. The molecule has 25 heavy (non-hydrogen) atoms. The van der Waals surface area contributed by atoms with Gasteiger partial charge in [-0.3, -0.25) is 10.1 Å². The first kappa shape index (κ1) is 19.2. The zero-order valence-corrected chi connectivity index (χ0v) is 14.7. The van der Waals surface area contributed by atoms with Gasteiger partial charge in [0.1, 0.15) is 5.69 Å². The third kappa shape index (κ3) is 5.16. The predicted molar refractivity (Wildman–Crippen MR) is 96.0 cm³/mol. The van der Waals surface area contributed by atoms with Crippen LogP contribution in [0.25, 0.3) is 0 Å². The highest BCUT2D eigenvalue weighted by Crippen LogP contribution is 2.28. The van der Waals surface area contributed by atoms with E-state index in [9.17, 15) is 23.6 Å². The molecule has 8 nitrogen and oxygen atoms in total. The third-order valence-electron chi connectivity index (χ3n) is 3.31. The zero-order valence-electron chi connectivity index (χ0n) is 13.1.